The minimum Gasteiger partial charge on any atom is -0.380 e. The van der Waals surface area contributed by atoms with Gasteiger partial charge in [0.05, 0.1) is 6.34 Å². The number of rotatable bonds is 1. The lowest BCUT2D eigenvalue weighted by molar-refractivity contribution is 1.19. The van der Waals surface area contributed by atoms with Crippen molar-refractivity contribution >= 4 is 23.3 Å². The van der Waals surface area contributed by atoms with Crippen LogP contribution in [0.25, 0.3) is 0 Å². The second kappa shape index (κ2) is 8.87. The van der Waals surface area contributed by atoms with Crippen molar-refractivity contribution in [2.24, 2.45) is 4.99 Å². The monoisotopic (exact) mass is 152 g/mol. The average molecular weight is 153 g/mol. The van der Waals surface area contributed by atoms with E-state index in [-0.39, 0.29) is 17.0 Å². The normalized spacial score (nSPS) is 7.67. The molecule has 0 aromatic heterocycles. The van der Waals surface area contributed by atoms with Crippen LogP contribution in [0.1, 0.15) is 0 Å². The van der Waals surface area contributed by atoms with Crippen LogP contribution in [0.4, 0.5) is 0 Å². The smallest absolute Gasteiger partial charge is 0.0817 e. The molecule has 0 spiro atoms. The maximum atomic E-state index is 3.62. The van der Waals surface area contributed by atoms with Gasteiger partial charge in [-0.2, -0.15) is 0 Å². The molecule has 0 radical (unpaired) electrons. The molecule has 0 aliphatic carbocycles. The van der Waals surface area contributed by atoms with E-state index in [1.807, 2.05) is 7.05 Å². The maximum absolute atomic E-state index is 3.62. The average Bonchev–Trinajstić information content (AvgIpc) is 1.41. The minimum atomic E-state index is 0. The molecule has 3 heteroatoms. The number of nitrogens with zero attached hydrogens (tertiary/aromatic N) is 1. The van der Waals surface area contributed by atoms with Gasteiger partial charge < -0.3 is 5.32 Å². The summed E-state index contributed by atoms with van der Waals surface area (Å²) in [7, 11) is 3.53. The number of aliphatic imine (C=N–C) groups is 1. The molecule has 0 saturated heterocycles. The first-order valence-electron chi connectivity index (χ1n) is 1.49. The summed E-state index contributed by atoms with van der Waals surface area (Å²) in [5.74, 6) is 0. The van der Waals surface area contributed by atoms with Gasteiger partial charge in [0, 0.05) is 14.1 Å². The van der Waals surface area contributed by atoms with E-state index in [9.17, 15) is 0 Å². The number of halogens is 1. The van der Waals surface area contributed by atoms with Gasteiger partial charge >= 0.3 is 0 Å². The van der Waals surface area contributed by atoms with Crippen molar-refractivity contribution in [1.29, 1.82) is 0 Å². The minimum absolute atomic E-state index is 0. The second-order valence-corrected chi connectivity index (χ2v) is 0.676. The van der Waals surface area contributed by atoms with Gasteiger partial charge in [0.1, 0.15) is 0 Å². The molecule has 0 bridgehead atoms. The Morgan fingerprint density at radius 1 is 1.67 bits per heavy atom. The lowest BCUT2D eigenvalue weighted by Gasteiger charge is -1.74. The van der Waals surface area contributed by atoms with E-state index in [4.69, 9.17) is 0 Å². The predicted octanol–water partition coefficient (Wildman–Crippen LogP) is 0.442. The van der Waals surface area contributed by atoms with E-state index >= 15 is 0 Å². The summed E-state index contributed by atoms with van der Waals surface area (Å²) >= 11 is 0. The Morgan fingerprint density at radius 2 is 2.17 bits per heavy atom. The van der Waals surface area contributed by atoms with Crippen LogP contribution in [0, 0.1) is 0 Å². The number of hydrogen-bond donors (Lipinski definition) is 1. The van der Waals surface area contributed by atoms with Crippen LogP contribution in [0.2, 0.25) is 0 Å². The molecule has 0 amide bonds. The van der Waals surface area contributed by atoms with Crippen LogP contribution >= 0.6 is 17.0 Å². The van der Waals surface area contributed by atoms with Gasteiger partial charge in [0.15, 0.2) is 0 Å². The fourth-order valence-corrected chi connectivity index (χ4v) is 0.129. The zero-order chi connectivity index (χ0) is 4.12. The molecule has 0 heterocycles. The summed E-state index contributed by atoms with van der Waals surface area (Å²) in [6.45, 7) is 0. The van der Waals surface area contributed by atoms with Gasteiger partial charge in [-0.1, -0.05) is 0 Å². The number of nitrogens with one attached hydrogen (secondary N) is 1. The zero-order valence-electron chi connectivity index (χ0n) is 3.93. The largest absolute Gasteiger partial charge is 0.380 e. The summed E-state index contributed by atoms with van der Waals surface area (Å²) in [4.78, 5) is 3.62. The lowest BCUT2D eigenvalue weighted by Crippen LogP contribution is -1.99. The molecule has 0 aliphatic rings. The van der Waals surface area contributed by atoms with Crippen molar-refractivity contribution in [2.45, 2.75) is 0 Å². The first-order valence-corrected chi connectivity index (χ1v) is 1.49. The van der Waals surface area contributed by atoms with E-state index in [1.165, 1.54) is 0 Å². The molecule has 0 fully saturated rings. The molecule has 0 aromatic carbocycles. The van der Waals surface area contributed by atoms with Crippen LogP contribution in [-0.4, -0.2) is 20.4 Å². The fourth-order valence-electron chi connectivity index (χ4n) is 0.129. The summed E-state index contributed by atoms with van der Waals surface area (Å²) in [6, 6.07) is 0. The highest BCUT2D eigenvalue weighted by atomic mass is 79.9. The molecular formula is C3H9BrN2. The van der Waals surface area contributed by atoms with Crippen molar-refractivity contribution in [3.63, 3.8) is 0 Å². The fraction of sp³-hybridized carbons (Fsp3) is 0.667. The third-order valence-electron chi connectivity index (χ3n) is 0.258. The highest BCUT2D eigenvalue weighted by Gasteiger charge is 1.45. The van der Waals surface area contributed by atoms with Gasteiger partial charge in [-0.25, -0.2) is 0 Å². The highest BCUT2D eigenvalue weighted by Crippen LogP contribution is 1.36. The summed E-state index contributed by atoms with van der Waals surface area (Å²) < 4.78 is 0. The molecule has 0 aromatic rings. The molecule has 38 valence electrons. The van der Waals surface area contributed by atoms with Crippen LogP contribution in [0.15, 0.2) is 4.99 Å². The second-order valence-electron chi connectivity index (χ2n) is 0.676. The molecule has 1 N–H and O–H groups in total. The van der Waals surface area contributed by atoms with Crippen molar-refractivity contribution in [3.8, 4) is 0 Å². The van der Waals surface area contributed by atoms with Gasteiger partial charge in [0.25, 0.3) is 0 Å². The van der Waals surface area contributed by atoms with E-state index in [1.54, 1.807) is 13.4 Å². The highest BCUT2D eigenvalue weighted by molar-refractivity contribution is 8.93. The quantitative estimate of drug-likeness (QED) is 0.429. The molecule has 0 atom stereocenters. The van der Waals surface area contributed by atoms with Gasteiger partial charge in [-0.05, 0) is 0 Å². The van der Waals surface area contributed by atoms with E-state index < -0.39 is 0 Å². The van der Waals surface area contributed by atoms with Crippen LogP contribution < -0.4 is 5.32 Å². The van der Waals surface area contributed by atoms with Crippen molar-refractivity contribution in [2.75, 3.05) is 14.1 Å². The van der Waals surface area contributed by atoms with Crippen LogP contribution in [0.3, 0.4) is 0 Å². The van der Waals surface area contributed by atoms with E-state index in [0.717, 1.165) is 0 Å². The summed E-state index contributed by atoms with van der Waals surface area (Å²) in [5, 5.41) is 2.73. The Bertz CT molecular complexity index is 35.8. The predicted molar refractivity (Wildman–Crippen MR) is 33.8 cm³/mol. The third kappa shape index (κ3) is 9.04. The molecule has 0 saturated carbocycles. The topological polar surface area (TPSA) is 24.4 Å². The first kappa shape index (κ1) is 9.34. The lowest BCUT2D eigenvalue weighted by atomic mass is 11.1. The van der Waals surface area contributed by atoms with Gasteiger partial charge in [0.2, 0.25) is 0 Å². The van der Waals surface area contributed by atoms with E-state index in [2.05, 4.69) is 10.3 Å². The van der Waals surface area contributed by atoms with Crippen molar-refractivity contribution < 1.29 is 0 Å². The SMILES string of the molecule is Br.CN=CNC. The van der Waals surface area contributed by atoms with Gasteiger partial charge in [-0.15, -0.1) is 17.0 Å². The molecule has 0 unspecified atom stereocenters. The van der Waals surface area contributed by atoms with Crippen LogP contribution in [0.5, 0.6) is 0 Å². The summed E-state index contributed by atoms with van der Waals surface area (Å²) in [5.41, 5.74) is 0. The summed E-state index contributed by atoms with van der Waals surface area (Å²) in [6.07, 6.45) is 1.62. The van der Waals surface area contributed by atoms with E-state index in [0.29, 0.717) is 0 Å². The Morgan fingerprint density at radius 3 is 2.17 bits per heavy atom. The van der Waals surface area contributed by atoms with Crippen LogP contribution in [-0.2, 0) is 0 Å². The molecule has 6 heavy (non-hydrogen) atoms. The Kier molecular flexibility index (Phi) is 13.8. The molecule has 2 nitrogen and oxygen atoms in total. The zero-order valence-corrected chi connectivity index (χ0v) is 5.65. The molecular weight excluding hydrogens is 144 g/mol. The third-order valence-corrected chi connectivity index (χ3v) is 0.258. The van der Waals surface area contributed by atoms with Crippen molar-refractivity contribution in [1.82, 2.24) is 5.32 Å². The van der Waals surface area contributed by atoms with Crippen molar-refractivity contribution in [3.05, 3.63) is 0 Å². The molecule has 0 rings (SSSR count). The first-order chi connectivity index (χ1) is 2.41. The Hall–Kier alpha value is -0.0500. The Balaban J connectivity index is 0. The number of hydrogen-bond acceptors (Lipinski definition) is 1. The Labute approximate surface area is 48.4 Å². The standard InChI is InChI=1S/C3H8N2.BrH/c1-4-3-5-2;/h3H,1-2H3,(H,4,5);1H. The maximum Gasteiger partial charge on any atom is 0.0817 e. The molecule has 0 aliphatic heterocycles. The van der Waals surface area contributed by atoms with Gasteiger partial charge in [-0.3, -0.25) is 4.99 Å².